The molecule has 1 aromatic heterocycles. The lowest BCUT2D eigenvalue weighted by Crippen LogP contribution is -2.32. The Bertz CT molecular complexity index is 1690. The molecule has 1 heterocycles. The summed E-state index contributed by atoms with van der Waals surface area (Å²) in [6, 6.07) is 21.7. The Kier molecular flexibility index (Phi) is 8.87. The second-order valence-corrected chi connectivity index (χ2v) is 11.5. The molecule has 4 aromatic rings. The molecule has 9 heteroatoms. The molecule has 1 aliphatic rings. The Balaban J connectivity index is 1.42. The fourth-order valence-electron chi connectivity index (χ4n) is 5.67. The Morgan fingerprint density at radius 2 is 1.64 bits per heavy atom. The minimum atomic E-state index is -0.744. The van der Waals surface area contributed by atoms with Crippen LogP contribution in [0.25, 0.3) is 21.9 Å². The number of nitrogens with one attached hydrogen (secondary N) is 1. The molecule has 0 radical (unpaired) electrons. The SMILES string of the molecule is COC(=O)c1c(-c2ccccc2)c2cc(Br)ccc2c(=O)n1Cc1ccc(C(=O)NCC2CCC(C(=O)O)CC2)cc1. The van der Waals surface area contributed by atoms with Crippen molar-refractivity contribution in [2.75, 3.05) is 13.7 Å². The third kappa shape index (κ3) is 6.16. The van der Waals surface area contributed by atoms with Crippen LogP contribution in [0.2, 0.25) is 0 Å². The quantitative estimate of drug-likeness (QED) is 0.235. The highest BCUT2D eigenvalue weighted by Gasteiger charge is 2.27. The Hall–Kier alpha value is -4.24. The summed E-state index contributed by atoms with van der Waals surface area (Å²) in [6.45, 7) is 0.601. The molecule has 3 aromatic carbocycles. The van der Waals surface area contributed by atoms with Gasteiger partial charge >= 0.3 is 11.9 Å². The number of aliphatic carboxylic acids is 1. The lowest BCUT2D eigenvalue weighted by atomic mass is 9.82. The molecule has 1 amide bonds. The van der Waals surface area contributed by atoms with Crippen LogP contribution in [-0.2, 0) is 16.1 Å². The highest BCUT2D eigenvalue weighted by Crippen LogP contribution is 2.33. The van der Waals surface area contributed by atoms with Crippen molar-refractivity contribution >= 4 is 44.5 Å². The predicted octanol–water partition coefficient (Wildman–Crippen LogP) is 5.89. The van der Waals surface area contributed by atoms with Crippen molar-refractivity contribution in [3.05, 3.63) is 104 Å². The number of aromatic nitrogens is 1. The summed E-state index contributed by atoms with van der Waals surface area (Å²) in [7, 11) is 1.29. The van der Waals surface area contributed by atoms with E-state index in [-0.39, 0.29) is 35.5 Å². The van der Waals surface area contributed by atoms with Crippen LogP contribution in [-0.4, -0.2) is 41.2 Å². The molecule has 0 aliphatic heterocycles. The number of nitrogens with zero attached hydrogens (tertiary/aromatic N) is 1. The van der Waals surface area contributed by atoms with Crippen molar-refractivity contribution in [3.8, 4) is 11.1 Å². The predicted molar refractivity (Wildman–Crippen MR) is 164 cm³/mol. The van der Waals surface area contributed by atoms with Gasteiger partial charge in [0.15, 0.2) is 0 Å². The first-order chi connectivity index (χ1) is 20.3. The Morgan fingerprint density at radius 1 is 0.952 bits per heavy atom. The number of pyridine rings is 1. The van der Waals surface area contributed by atoms with Gasteiger partial charge in [0.1, 0.15) is 5.69 Å². The maximum atomic E-state index is 13.8. The molecular formula is C33H31BrN2O6. The average Bonchev–Trinajstić information content (AvgIpc) is 3.01. The molecule has 2 N–H and O–H groups in total. The zero-order valence-electron chi connectivity index (χ0n) is 23.1. The summed E-state index contributed by atoms with van der Waals surface area (Å²) in [5.41, 5.74) is 2.42. The van der Waals surface area contributed by atoms with Crippen molar-refractivity contribution in [1.82, 2.24) is 9.88 Å². The van der Waals surface area contributed by atoms with Gasteiger partial charge in [0, 0.05) is 27.5 Å². The number of hydrogen-bond acceptors (Lipinski definition) is 5. The summed E-state index contributed by atoms with van der Waals surface area (Å²) < 4.78 is 7.38. The number of esters is 1. The fourth-order valence-corrected chi connectivity index (χ4v) is 6.03. The maximum absolute atomic E-state index is 13.8. The topological polar surface area (TPSA) is 115 Å². The zero-order chi connectivity index (χ0) is 29.8. The molecule has 0 bridgehead atoms. The zero-order valence-corrected chi connectivity index (χ0v) is 24.7. The van der Waals surface area contributed by atoms with E-state index in [1.165, 1.54) is 11.7 Å². The minimum Gasteiger partial charge on any atom is -0.481 e. The molecule has 5 rings (SSSR count). The lowest BCUT2D eigenvalue weighted by molar-refractivity contribution is -0.143. The molecule has 0 atom stereocenters. The molecule has 0 unspecified atom stereocenters. The standard InChI is InChI=1S/C33H31BrN2O6/c1-42-33(41)29-28(22-5-3-2-4-6-22)27-17-25(34)15-16-26(27)31(38)36(29)19-21-9-11-23(12-10-21)30(37)35-18-20-7-13-24(14-8-20)32(39)40/h2-6,9-12,15-17,20,24H,7-8,13-14,18-19H2,1H3,(H,35,37)(H,39,40). The normalized spacial score (nSPS) is 16.6. The van der Waals surface area contributed by atoms with Gasteiger partial charge in [-0.1, -0.05) is 58.4 Å². The van der Waals surface area contributed by atoms with E-state index in [0.29, 0.717) is 41.3 Å². The smallest absolute Gasteiger partial charge is 0.355 e. The van der Waals surface area contributed by atoms with Gasteiger partial charge in [0.25, 0.3) is 11.5 Å². The van der Waals surface area contributed by atoms with Crippen LogP contribution in [0.5, 0.6) is 0 Å². The number of fused-ring (bicyclic) bond motifs is 1. The molecule has 1 aliphatic carbocycles. The van der Waals surface area contributed by atoms with Gasteiger partial charge in [-0.25, -0.2) is 4.79 Å². The largest absolute Gasteiger partial charge is 0.481 e. The summed E-state index contributed by atoms with van der Waals surface area (Å²) in [5, 5.41) is 13.3. The van der Waals surface area contributed by atoms with Crippen LogP contribution in [0.3, 0.4) is 0 Å². The first-order valence-corrected chi connectivity index (χ1v) is 14.7. The van der Waals surface area contributed by atoms with Crippen molar-refractivity contribution in [1.29, 1.82) is 0 Å². The van der Waals surface area contributed by atoms with Gasteiger partial charge in [0.2, 0.25) is 0 Å². The summed E-state index contributed by atoms with van der Waals surface area (Å²) in [5.74, 6) is -1.60. The summed E-state index contributed by atoms with van der Waals surface area (Å²) >= 11 is 3.50. The second-order valence-electron chi connectivity index (χ2n) is 10.6. The van der Waals surface area contributed by atoms with Crippen LogP contribution in [0.4, 0.5) is 0 Å². The highest BCUT2D eigenvalue weighted by atomic mass is 79.9. The third-order valence-corrected chi connectivity index (χ3v) is 8.47. The molecular weight excluding hydrogens is 600 g/mol. The number of rotatable bonds is 8. The first-order valence-electron chi connectivity index (χ1n) is 13.9. The van der Waals surface area contributed by atoms with E-state index >= 15 is 0 Å². The number of amides is 1. The number of carbonyl (C=O) groups excluding carboxylic acids is 2. The van der Waals surface area contributed by atoms with E-state index in [4.69, 9.17) is 4.74 Å². The fraction of sp³-hybridized carbons (Fsp3) is 0.273. The summed E-state index contributed by atoms with van der Waals surface area (Å²) in [6.07, 6.45) is 2.83. The first kappa shape index (κ1) is 29.3. The number of carboxylic acids is 1. The monoisotopic (exact) mass is 630 g/mol. The third-order valence-electron chi connectivity index (χ3n) is 7.98. The van der Waals surface area contributed by atoms with Crippen LogP contribution < -0.4 is 10.9 Å². The summed E-state index contributed by atoms with van der Waals surface area (Å²) in [4.78, 5) is 51.0. The number of halogens is 1. The van der Waals surface area contributed by atoms with Crippen molar-refractivity contribution < 1.29 is 24.2 Å². The molecule has 1 saturated carbocycles. The minimum absolute atomic E-state index is 0.101. The van der Waals surface area contributed by atoms with Gasteiger partial charge in [-0.2, -0.15) is 0 Å². The van der Waals surface area contributed by atoms with E-state index in [0.717, 1.165) is 28.4 Å². The number of carboxylic acid groups (broad SMARTS) is 1. The highest BCUT2D eigenvalue weighted by molar-refractivity contribution is 9.10. The van der Waals surface area contributed by atoms with Crippen LogP contribution in [0.15, 0.2) is 82.1 Å². The molecule has 0 saturated heterocycles. The second kappa shape index (κ2) is 12.7. The van der Waals surface area contributed by atoms with Gasteiger partial charge in [-0.15, -0.1) is 0 Å². The molecule has 42 heavy (non-hydrogen) atoms. The maximum Gasteiger partial charge on any atom is 0.355 e. The molecule has 1 fully saturated rings. The van der Waals surface area contributed by atoms with Crippen LogP contribution in [0.1, 0.15) is 52.1 Å². The van der Waals surface area contributed by atoms with Crippen molar-refractivity contribution in [2.45, 2.75) is 32.2 Å². The lowest BCUT2D eigenvalue weighted by Gasteiger charge is -2.26. The van der Waals surface area contributed by atoms with Crippen LogP contribution in [0, 0.1) is 11.8 Å². The molecule has 0 spiro atoms. The number of ether oxygens (including phenoxy) is 1. The van der Waals surface area contributed by atoms with E-state index in [9.17, 15) is 24.3 Å². The number of hydrogen-bond donors (Lipinski definition) is 2. The van der Waals surface area contributed by atoms with Gasteiger partial charge in [-0.3, -0.25) is 19.0 Å². The van der Waals surface area contributed by atoms with Crippen molar-refractivity contribution in [3.63, 3.8) is 0 Å². The molecule has 216 valence electrons. The van der Waals surface area contributed by atoms with Gasteiger partial charge in [-0.05, 0) is 78.4 Å². The molecule has 8 nitrogen and oxygen atoms in total. The Labute approximate surface area is 251 Å². The van der Waals surface area contributed by atoms with E-state index in [2.05, 4.69) is 21.2 Å². The average molecular weight is 632 g/mol. The van der Waals surface area contributed by atoms with E-state index < -0.39 is 11.9 Å². The number of benzene rings is 3. The Morgan fingerprint density at radius 3 is 2.29 bits per heavy atom. The van der Waals surface area contributed by atoms with Crippen LogP contribution >= 0.6 is 15.9 Å². The number of carbonyl (C=O) groups is 3. The van der Waals surface area contributed by atoms with Crippen molar-refractivity contribution in [2.24, 2.45) is 11.8 Å². The van der Waals surface area contributed by atoms with E-state index in [1.807, 2.05) is 36.4 Å². The van der Waals surface area contributed by atoms with Gasteiger partial charge < -0.3 is 15.2 Å². The van der Waals surface area contributed by atoms with E-state index in [1.54, 1.807) is 36.4 Å². The number of methoxy groups -OCH3 is 1. The van der Waals surface area contributed by atoms with Gasteiger partial charge in [0.05, 0.1) is 19.6 Å².